The van der Waals surface area contributed by atoms with Crippen molar-refractivity contribution in [2.24, 2.45) is 0 Å². The van der Waals surface area contributed by atoms with Gasteiger partial charge >= 0.3 is 5.97 Å². The van der Waals surface area contributed by atoms with Crippen molar-refractivity contribution in [2.75, 3.05) is 11.9 Å². The summed E-state index contributed by atoms with van der Waals surface area (Å²) in [5.74, 6) is -1.15. The molecule has 1 saturated heterocycles. The van der Waals surface area contributed by atoms with Gasteiger partial charge in [0.2, 0.25) is 0 Å². The number of piperidine rings is 1. The lowest BCUT2D eigenvalue weighted by molar-refractivity contribution is -0.140. The number of anilines is 1. The van der Waals surface area contributed by atoms with Crippen LogP contribution in [0, 0.1) is 0 Å². The summed E-state index contributed by atoms with van der Waals surface area (Å²) in [6.07, 6.45) is 3.01. The Bertz CT molecular complexity index is 871. The predicted molar refractivity (Wildman–Crippen MR) is 111 cm³/mol. The first-order chi connectivity index (χ1) is 14.0. The van der Waals surface area contributed by atoms with Gasteiger partial charge in [0.05, 0.1) is 11.3 Å². The molecule has 29 heavy (non-hydrogen) atoms. The van der Waals surface area contributed by atoms with Crippen molar-refractivity contribution in [2.45, 2.75) is 45.2 Å². The molecule has 1 aliphatic rings. The van der Waals surface area contributed by atoms with Crippen LogP contribution >= 0.6 is 0 Å². The van der Waals surface area contributed by atoms with Gasteiger partial charge in [0.25, 0.3) is 11.8 Å². The molecule has 2 atom stereocenters. The van der Waals surface area contributed by atoms with Gasteiger partial charge in [0.15, 0.2) is 6.61 Å². The van der Waals surface area contributed by atoms with E-state index in [4.69, 9.17) is 4.74 Å². The lowest BCUT2D eigenvalue weighted by atomic mass is 9.97. The first kappa shape index (κ1) is 20.6. The summed E-state index contributed by atoms with van der Waals surface area (Å²) in [6.45, 7) is 3.72. The van der Waals surface area contributed by atoms with Crippen LogP contribution in [0.15, 0.2) is 54.6 Å². The van der Waals surface area contributed by atoms with Crippen molar-refractivity contribution in [3.05, 3.63) is 65.7 Å². The summed E-state index contributed by atoms with van der Waals surface area (Å²) in [7, 11) is 0. The van der Waals surface area contributed by atoms with Gasteiger partial charge in [-0.3, -0.25) is 9.59 Å². The van der Waals surface area contributed by atoms with Crippen LogP contribution in [-0.2, 0) is 9.53 Å². The van der Waals surface area contributed by atoms with E-state index in [1.165, 1.54) is 0 Å². The number of benzene rings is 2. The molecular weight excluding hydrogens is 368 g/mol. The number of nitrogens with one attached hydrogen (secondary N) is 1. The van der Waals surface area contributed by atoms with E-state index in [1.54, 1.807) is 53.4 Å². The van der Waals surface area contributed by atoms with Crippen LogP contribution in [0.1, 0.15) is 53.8 Å². The molecule has 3 rings (SSSR count). The minimum absolute atomic E-state index is 0.141. The van der Waals surface area contributed by atoms with E-state index in [0.717, 1.165) is 19.3 Å². The fourth-order valence-electron chi connectivity index (χ4n) is 3.75. The maximum atomic E-state index is 12.6. The number of esters is 1. The van der Waals surface area contributed by atoms with Crippen LogP contribution in [0.25, 0.3) is 0 Å². The van der Waals surface area contributed by atoms with Crippen LogP contribution in [0.3, 0.4) is 0 Å². The van der Waals surface area contributed by atoms with Gasteiger partial charge < -0.3 is 15.0 Å². The van der Waals surface area contributed by atoms with Crippen molar-refractivity contribution in [1.29, 1.82) is 0 Å². The second-order valence-corrected chi connectivity index (χ2v) is 7.37. The van der Waals surface area contributed by atoms with Crippen molar-refractivity contribution < 1.29 is 19.1 Å². The first-order valence-electron chi connectivity index (χ1n) is 9.91. The highest BCUT2D eigenvalue weighted by atomic mass is 16.5. The van der Waals surface area contributed by atoms with Gasteiger partial charge in [0, 0.05) is 17.6 Å². The van der Waals surface area contributed by atoms with E-state index < -0.39 is 5.97 Å². The number of amides is 2. The Morgan fingerprint density at radius 1 is 0.966 bits per heavy atom. The lowest BCUT2D eigenvalue weighted by Crippen LogP contribution is -2.49. The van der Waals surface area contributed by atoms with E-state index in [9.17, 15) is 14.4 Å². The number of nitrogens with zero attached hydrogens (tertiary/aromatic N) is 1. The Kier molecular flexibility index (Phi) is 6.65. The zero-order chi connectivity index (χ0) is 20.8. The molecule has 152 valence electrons. The fraction of sp³-hybridized carbons (Fsp3) is 0.348. The zero-order valence-electron chi connectivity index (χ0n) is 16.8. The Hall–Kier alpha value is -3.15. The largest absolute Gasteiger partial charge is 0.452 e. The van der Waals surface area contributed by atoms with Crippen LogP contribution in [-0.4, -0.2) is 41.4 Å². The van der Waals surface area contributed by atoms with Crippen LogP contribution in [0.5, 0.6) is 0 Å². The number of hydrogen-bond acceptors (Lipinski definition) is 4. The number of carbonyl (C=O) groups excluding carboxylic acids is 3. The van der Waals surface area contributed by atoms with Gasteiger partial charge in [-0.1, -0.05) is 30.3 Å². The van der Waals surface area contributed by atoms with Crippen LogP contribution in [0.4, 0.5) is 5.69 Å². The Morgan fingerprint density at radius 3 is 2.28 bits per heavy atom. The third kappa shape index (κ3) is 5.02. The monoisotopic (exact) mass is 394 g/mol. The van der Waals surface area contributed by atoms with E-state index in [-0.39, 0.29) is 36.1 Å². The van der Waals surface area contributed by atoms with Crippen LogP contribution in [0.2, 0.25) is 0 Å². The topological polar surface area (TPSA) is 75.7 Å². The summed E-state index contributed by atoms with van der Waals surface area (Å²) in [5.41, 5.74) is 1.04. The molecule has 6 nitrogen and oxygen atoms in total. The molecule has 1 N–H and O–H groups in total. The minimum Gasteiger partial charge on any atom is -0.452 e. The number of likely N-dealkylation sites (tertiary alicyclic amines) is 1. The highest BCUT2D eigenvalue weighted by Gasteiger charge is 2.29. The van der Waals surface area contributed by atoms with Crippen LogP contribution < -0.4 is 5.32 Å². The molecule has 0 aliphatic carbocycles. The molecule has 2 aromatic rings. The van der Waals surface area contributed by atoms with E-state index in [2.05, 4.69) is 5.32 Å². The first-order valence-corrected chi connectivity index (χ1v) is 9.91. The standard InChI is InChI=1S/C23H26N2O4/c1-16-9-8-10-17(2)25(16)21(26)15-29-23(28)19-13-6-7-14-20(19)24-22(27)18-11-4-3-5-12-18/h3-7,11-14,16-17H,8-10,15H2,1-2H3,(H,24,27)/t16-,17-/m1/s1. The molecule has 0 saturated carbocycles. The smallest absolute Gasteiger partial charge is 0.340 e. The van der Waals surface area contributed by atoms with Crippen molar-refractivity contribution in [1.82, 2.24) is 4.90 Å². The molecule has 0 radical (unpaired) electrons. The van der Waals surface area contributed by atoms with Gasteiger partial charge in [-0.2, -0.15) is 0 Å². The summed E-state index contributed by atoms with van der Waals surface area (Å²) in [6, 6.07) is 15.6. The van der Waals surface area contributed by atoms with E-state index in [1.807, 2.05) is 19.9 Å². The molecule has 1 aliphatic heterocycles. The van der Waals surface area contributed by atoms with E-state index in [0.29, 0.717) is 11.3 Å². The maximum absolute atomic E-state index is 12.6. The summed E-state index contributed by atoms with van der Waals surface area (Å²) < 4.78 is 5.29. The van der Waals surface area contributed by atoms with Gasteiger partial charge in [-0.05, 0) is 57.4 Å². The average Bonchev–Trinajstić information content (AvgIpc) is 2.73. The molecule has 0 spiro atoms. The molecule has 0 bridgehead atoms. The number of hydrogen-bond donors (Lipinski definition) is 1. The zero-order valence-corrected chi connectivity index (χ0v) is 16.8. The highest BCUT2D eigenvalue weighted by molar-refractivity contribution is 6.08. The van der Waals surface area contributed by atoms with Crippen molar-refractivity contribution in [3.63, 3.8) is 0 Å². The SMILES string of the molecule is C[C@@H]1CCC[C@@H](C)N1C(=O)COC(=O)c1ccccc1NC(=O)c1ccccc1. The minimum atomic E-state index is -0.639. The maximum Gasteiger partial charge on any atom is 0.340 e. The predicted octanol–water partition coefficient (Wildman–Crippen LogP) is 3.89. The third-order valence-electron chi connectivity index (χ3n) is 5.24. The Morgan fingerprint density at radius 2 is 1.59 bits per heavy atom. The molecule has 0 unspecified atom stereocenters. The highest BCUT2D eigenvalue weighted by Crippen LogP contribution is 2.23. The fourth-order valence-corrected chi connectivity index (χ4v) is 3.75. The van der Waals surface area contributed by atoms with Crippen molar-refractivity contribution in [3.8, 4) is 0 Å². The van der Waals surface area contributed by atoms with Crippen molar-refractivity contribution >= 4 is 23.5 Å². The summed E-state index contributed by atoms with van der Waals surface area (Å²) >= 11 is 0. The molecule has 6 heteroatoms. The second-order valence-electron chi connectivity index (χ2n) is 7.37. The molecule has 1 fully saturated rings. The van der Waals surface area contributed by atoms with Gasteiger partial charge in [0.1, 0.15) is 0 Å². The molecule has 2 amide bonds. The average molecular weight is 394 g/mol. The number of rotatable bonds is 5. The summed E-state index contributed by atoms with van der Waals surface area (Å²) in [5, 5.41) is 2.74. The Balaban J connectivity index is 1.65. The lowest BCUT2D eigenvalue weighted by Gasteiger charge is -2.38. The van der Waals surface area contributed by atoms with Gasteiger partial charge in [-0.25, -0.2) is 4.79 Å². The molecule has 2 aromatic carbocycles. The molecule has 0 aromatic heterocycles. The molecule has 1 heterocycles. The number of ether oxygens (including phenoxy) is 1. The number of carbonyl (C=O) groups is 3. The third-order valence-corrected chi connectivity index (χ3v) is 5.24. The summed E-state index contributed by atoms with van der Waals surface area (Å²) in [4.78, 5) is 39.4. The molecular formula is C23H26N2O4. The quantitative estimate of drug-likeness (QED) is 0.781. The number of para-hydroxylation sites is 1. The normalized spacial score (nSPS) is 18.8. The van der Waals surface area contributed by atoms with E-state index >= 15 is 0 Å². The Labute approximate surface area is 170 Å². The van der Waals surface area contributed by atoms with Gasteiger partial charge in [-0.15, -0.1) is 0 Å². The second kappa shape index (κ2) is 9.37.